The van der Waals surface area contributed by atoms with Gasteiger partial charge in [0.25, 0.3) is 5.91 Å². The molecule has 0 fully saturated rings. The van der Waals surface area contributed by atoms with E-state index < -0.39 is 94.6 Å². The minimum Gasteiger partial charge on any atom is -0.479 e. The van der Waals surface area contributed by atoms with Crippen molar-refractivity contribution in [2.24, 2.45) is 0 Å². The summed E-state index contributed by atoms with van der Waals surface area (Å²) in [6.07, 6.45) is -7.57. The Bertz CT molecular complexity index is 2170. The van der Waals surface area contributed by atoms with Gasteiger partial charge in [0.2, 0.25) is 0 Å². The van der Waals surface area contributed by atoms with Crippen molar-refractivity contribution in [1.29, 1.82) is 0 Å². The summed E-state index contributed by atoms with van der Waals surface area (Å²) in [4.78, 5) is 97.2. The van der Waals surface area contributed by atoms with Crippen LogP contribution in [0.2, 0.25) is 39.3 Å². The van der Waals surface area contributed by atoms with Gasteiger partial charge in [-0.2, -0.15) is 0 Å². The minimum atomic E-state index is -1.66. The number of aliphatic carboxylic acids is 1. The Balaban J connectivity index is 0.00000133. The highest BCUT2D eigenvalue weighted by atomic mass is 28.3. The van der Waals surface area contributed by atoms with Crippen molar-refractivity contribution < 1.29 is 78.0 Å². The molecular weight excluding hydrogens is 903 g/mol. The second-order valence-electron chi connectivity index (χ2n) is 18.0. The zero-order valence-electron chi connectivity index (χ0n) is 40.7. The Hall–Kier alpha value is -6.19. The summed E-state index contributed by atoms with van der Waals surface area (Å²) in [5, 5.41) is 14.0. The monoisotopic (exact) mass is 969 g/mol. The first kappa shape index (κ1) is 56.9. The van der Waals surface area contributed by atoms with Crippen molar-refractivity contribution in [1.82, 2.24) is 0 Å². The Morgan fingerprint density at radius 3 is 1.36 bits per heavy atom. The van der Waals surface area contributed by atoms with Gasteiger partial charge in [0.1, 0.15) is 6.61 Å². The maximum atomic E-state index is 13.1. The molecule has 0 aliphatic heterocycles. The maximum Gasteiger partial charge on any atom is 0.348 e. The maximum absolute atomic E-state index is 13.1. The normalized spacial score (nSPS) is 14.0. The van der Waals surface area contributed by atoms with Gasteiger partial charge < -0.3 is 43.6 Å². The third kappa shape index (κ3) is 19.7. The van der Waals surface area contributed by atoms with Crippen molar-refractivity contribution in [3.63, 3.8) is 0 Å². The number of hydrogen-bond acceptors (Lipinski definition) is 15. The number of carboxylic acids is 1. The van der Waals surface area contributed by atoms with E-state index in [2.05, 4.69) is 55.4 Å². The van der Waals surface area contributed by atoms with Crippen LogP contribution in [0.3, 0.4) is 0 Å². The predicted octanol–water partition coefficient (Wildman–Crippen LogP) is 6.18. The van der Waals surface area contributed by atoms with Crippen LogP contribution in [0.15, 0.2) is 72.8 Å². The van der Waals surface area contributed by atoms with Crippen LogP contribution < -0.4 is 15.7 Å². The quantitative estimate of drug-likeness (QED) is 0.0731. The van der Waals surface area contributed by atoms with Gasteiger partial charge in [-0.1, -0.05) is 86.1 Å². The number of carbonyl (C=O) groups excluding carboxylic acids is 7. The molecule has 0 radical (unpaired) electrons. The first-order chi connectivity index (χ1) is 31.0. The van der Waals surface area contributed by atoms with Gasteiger partial charge in [-0.05, 0) is 97.4 Å². The molecule has 368 valence electrons. The second-order valence-corrected chi connectivity index (χ2v) is 28.1. The fraction of sp³-hybridized carbons (Fsp3) is 0.458. The fourth-order valence-electron chi connectivity index (χ4n) is 5.39. The van der Waals surface area contributed by atoms with Gasteiger partial charge >= 0.3 is 41.8 Å². The molecule has 3 aromatic carbocycles. The Morgan fingerprint density at radius 1 is 0.522 bits per heavy atom. The number of rotatable bonds is 20. The van der Waals surface area contributed by atoms with Crippen LogP contribution in [0.1, 0.15) is 83.1 Å². The summed E-state index contributed by atoms with van der Waals surface area (Å²) in [6, 6.07) is 21.0. The zero-order valence-corrected chi connectivity index (χ0v) is 42.7. The second kappa shape index (κ2) is 25.6. The lowest BCUT2D eigenvalue weighted by Gasteiger charge is -2.24. The van der Waals surface area contributed by atoms with E-state index in [0.717, 1.165) is 11.3 Å². The van der Waals surface area contributed by atoms with Gasteiger partial charge in [-0.3, -0.25) is 4.79 Å². The van der Waals surface area contributed by atoms with Crippen molar-refractivity contribution in [3.05, 3.63) is 89.5 Å². The molecule has 67 heavy (non-hydrogen) atoms. The van der Waals surface area contributed by atoms with E-state index in [-0.39, 0.29) is 25.6 Å². The SMILES string of the molecule is CC(C)O[C@@H](C)C(=O)O[C@@H](C)C(=O)O.C[C@H](OC(=O)c1ccc(C(=O)Nc2cc([Si](C)(C)C)cc([Si](C)(C)C)c2)cc1)C(=O)O[C@@H](C)C(=O)O[C@@H](C)C(=O)O[C@@H](C)C(=O)OCc1ccccc1.[HH]. The highest BCUT2D eigenvalue weighted by molar-refractivity contribution is 6.91. The first-order valence-electron chi connectivity index (χ1n) is 21.7. The standard InChI is InChI=1S/C39H49NO11Si2.C9H16O5.H2/c1-24(35(42)47-23-28-14-12-11-13-15-28)48-36(43)25(2)49-37(44)26(3)50-38(45)27(4)51-39(46)30-18-16-29(17-19-30)34(41)40-31-20-32(52(5,6)7)22-33(21-31)53(8,9)10;1-5(2)13-7(4)9(12)14-6(3)8(10)11;/h11-22,24-27H,23H2,1-10H3,(H,40,41);5-7H,1-4H3,(H,10,11);1H/t24-,25-,26-,27-;6-,7-;/m00./s1. The molecule has 0 spiro atoms. The van der Waals surface area contributed by atoms with Crippen LogP contribution in [0.4, 0.5) is 5.69 Å². The summed E-state index contributed by atoms with van der Waals surface area (Å²) < 4.78 is 35.3. The fourth-order valence-corrected chi connectivity index (χ4v) is 7.89. The molecule has 17 nitrogen and oxygen atoms in total. The number of benzene rings is 3. The number of amides is 1. The van der Waals surface area contributed by atoms with Gasteiger partial charge in [-0.15, -0.1) is 0 Å². The lowest BCUT2D eigenvalue weighted by Crippen LogP contribution is -2.45. The molecule has 19 heteroatoms. The van der Waals surface area contributed by atoms with E-state index >= 15 is 0 Å². The Morgan fingerprint density at radius 2 is 0.925 bits per heavy atom. The molecule has 0 heterocycles. The Labute approximate surface area is 395 Å². The van der Waals surface area contributed by atoms with Crippen molar-refractivity contribution >= 4 is 79.9 Å². The molecule has 3 rings (SSSR count). The summed E-state index contributed by atoms with van der Waals surface area (Å²) in [7, 11) is -3.31. The third-order valence-corrected chi connectivity index (χ3v) is 13.5. The summed E-state index contributed by atoms with van der Waals surface area (Å²) in [5.41, 5.74) is 1.88. The topological polar surface area (TPSA) is 233 Å². The van der Waals surface area contributed by atoms with Crippen molar-refractivity contribution in [2.75, 3.05) is 5.32 Å². The number of anilines is 1. The average molecular weight is 970 g/mol. The molecule has 2 N–H and O–H groups in total. The van der Waals surface area contributed by atoms with Crippen molar-refractivity contribution in [3.8, 4) is 0 Å². The number of nitrogens with one attached hydrogen (secondary N) is 1. The van der Waals surface area contributed by atoms with E-state index in [9.17, 15) is 38.4 Å². The number of carboxylic acid groups (broad SMARTS) is 1. The van der Waals surface area contributed by atoms with Crippen LogP contribution in [-0.2, 0) is 68.5 Å². The van der Waals surface area contributed by atoms with Crippen LogP contribution in [-0.4, -0.2) is 112 Å². The summed E-state index contributed by atoms with van der Waals surface area (Å²) >= 11 is 0. The van der Waals surface area contributed by atoms with E-state index in [1.807, 2.05) is 18.2 Å². The third-order valence-electron chi connectivity index (χ3n) is 9.47. The average Bonchev–Trinajstić information content (AvgIpc) is 3.24. The Kier molecular flexibility index (Phi) is 21.8. The number of carbonyl (C=O) groups is 8. The van der Waals surface area contributed by atoms with Crippen LogP contribution >= 0.6 is 0 Å². The highest BCUT2D eigenvalue weighted by Gasteiger charge is 2.31. The van der Waals surface area contributed by atoms with Gasteiger partial charge in [0.05, 0.1) is 27.8 Å². The van der Waals surface area contributed by atoms with E-state index in [1.165, 1.54) is 76.2 Å². The molecule has 0 unspecified atom stereocenters. The predicted molar refractivity (Wildman–Crippen MR) is 256 cm³/mol. The molecule has 3 aromatic rings. The molecule has 0 saturated heterocycles. The summed E-state index contributed by atoms with van der Waals surface area (Å²) in [5.74, 6) is -6.94. The first-order valence-corrected chi connectivity index (χ1v) is 28.7. The van der Waals surface area contributed by atoms with E-state index in [0.29, 0.717) is 5.56 Å². The molecule has 0 aliphatic rings. The lowest BCUT2D eigenvalue weighted by molar-refractivity contribution is -0.183. The molecule has 0 bridgehead atoms. The molecule has 0 aliphatic carbocycles. The molecule has 1 amide bonds. The largest absolute Gasteiger partial charge is 0.479 e. The number of hydrogen-bond donors (Lipinski definition) is 2. The van der Waals surface area contributed by atoms with Crippen LogP contribution in [0.5, 0.6) is 0 Å². The molecule has 0 aromatic heterocycles. The number of esters is 6. The van der Waals surface area contributed by atoms with Gasteiger partial charge in [-0.25, -0.2) is 33.6 Å². The van der Waals surface area contributed by atoms with Crippen LogP contribution in [0.25, 0.3) is 0 Å². The highest BCUT2D eigenvalue weighted by Crippen LogP contribution is 2.16. The molecule has 0 saturated carbocycles. The number of ether oxygens (including phenoxy) is 7. The van der Waals surface area contributed by atoms with Crippen molar-refractivity contribution in [2.45, 2.75) is 144 Å². The van der Waals surface area contributed by atoms with E-state index in [1.54, 1.807) is 38.1 Å². The summed E-state index contributed by atoms with van der Waals surface area (Å²) in [6.45, 7) is 25.0. The minimum absolute atomic E-state index is 0. The van der Waals surface area contributed by atoms with Gasteiger partial charge in [0, 0.05) is 12.7 Å². The molecular formula is C48H67NO16Si2. The van der Waals surface area contributed by atoms with Gasteiger partial charge in [0.15, 0.2) is 36.6 Å². The zero-order chi connectivity index (χ0) is 51.0. The van der Waals surface area contributed by atoms with E-state index in [4.69, 9.17) is 33.5 Å². The smallest absolute Gasteiger partial charge is 0.348 e. The van der Waals surface area contributed by atoms with Crippen LogP contribution in [0, 0.1) is 0 Å². The lowest BCUT2D eigenvalue weighted by atomic mass is 10.1. The molecule has 6 atom stereocenters.